The van der Waals surface area contributed by atoms with Gasteiger partial charge in [0.25, 0.3) is 0 Å². The molecule has 0 spiro atoms. The summed E-state index contributed by atoms with van der Waals surface area (Å²) >= 11 is 0. The van der Waals surface area contributed by atoms with Crippen LogP contribution in [0.25, 0.3) is 21.9 Å². The second kappa shape index (κ2) is 11.7. The van der Waals surface area contributed by atoms with Gasteiger partial charge in [0.1, 0.15) is 18.7 Å². The third-order valence-corrected chi connectivity index (χ3v) is 6.86. The summed E-state index contributed by atoms with van der Waals surface area (Å²) < 4.78 is 13.6. The van der Waals surface area contributed by atoms with Gasteiger partial charge in [-0.3, -0.25) is 4.79 Å². The Labute approximate surface area is 215 Å². The lowest BCUT2D eigenvalue weighted by molar-refractivity contribution is -0.0994. The predicted octanol–water partition coefficient (Wildman–Crippen LogP) is 3.91. The number of hydrogen-bond acceptors (Lipinski definition) is 8. The Balaban J connectivity index is 1.29. The topological polar surface area (TPSA) is 103 Å². The van der Waals surface area contributed by atoms with Crippen molar-refractivity contribution in [2.24, 2.45) is 0 Å². The van der Waals surface area contributed by atoms with Crippen molar-refractivity contribution in [1.82, 2.24) is 19.5 Å². The molecule has 0 bridgehead atoms. The summed E-state index contributed by atoms with van der Waals surface area (Å²) in [6.45, 7) is 4.55. The van der Waals surface area contributed by atoms with Crippen LogP contribution >= 0.6 is 0 Å². The van der Waals surface area contributed by atoms with Gasteiger partial charge in [-0.1, -0.05) is 18.2 Å². The normalized spacial score (nSPS) is 16.5. The van der Waals surface area contributed by atoms with Gasteiger partial charge in [-0.05, 0) is 68.7 Å². The molecule has 1 saturated heterocycles. The van der Waals surface area contributed by atoms with Crippen LogP contribution in [0.2, 0.25) is 0 Å². The number of unbranched alkanes of at least 4 members (excludes halogenated alkanes) is 1. The average molecular weight is 504 g/mol. The first-order valence-corrected chi connectivity index (χ1v) is 13.0. The van der Waals surface area contributed by atoms with Crippen molar-refractivity contribution in [2.75, 3.05) is 24.7 Å². The van der Waals surface area contributed by atoms with E-state index in [4.69, 9.17) is 9.47 Å². The lowest BCUT2D eigenvalue weighted by atomic mass is 10.1. The number of fused-ring (bicyclic) bond motifs is 2. The Hall–Kier alpha value is -3.56. The molecule has 0 saturated carbocycles. The van der Waals surface area contributed by atoms with E-state index in [9.17, 15) is 9.90 Å². The largest absolute Gasteiger partial charge is 0.491 e. The summed E-state index contributed by atoms with van der Waals surface area (Å²) in [6, 6.07) is 12.9. The standard InChI is InChI=1S/C28H33N5O4/c1-2-36-25(35)10-3-4-15-32-19-31-26-27(32)29-18-30-28(26)33-16-6-8-21(33)17-37-24-9-5-7-20-11-12-22(34)13-14-23(20)24/h5,7,9,11-14,18-19,21,25,35H,2-4,6,8,10,15-17H2,1H3. The molecule has 2 atom stereocenters. The fourth-order valence-electron chi connectivity index (χ4n) is 5.00. The van der Waals surface area contributed by atoms with E-state index in [1.54, 1.807) is 18.5 Å². The van der Waals surface area contributed by atoms with Crippen molar-refractivity contribution in [3.63, 3.8) is 0 Å². The molecule has 1 N–H and O–H groups in total. The lowest BCUT2D eigenvalue weighted by Crippen LogP contribution is -2.35. The van der Waals surface area contributed by atoms with Gasteiger partial charge in [-0.25, -0.2) is 15.0 Å². The molecule has 0 amide bonds. The molecule has 9 nitrogen and oxygen atoms in total. The number of hydrogen-bond donors (Lipinski definition) is 1. The Morgan fingerprint density at radius 2 is 2.00 bits per heavy atom. The molecule has 1 aliphatic rings. The smallest absolute Gasteiger partial charge is 0.178 e. The zero-order valence-electron chi connectivity index (χ0n) is 21.1. The minimum atomic E-state index is -0.700. The van der Waals surface area contributed by atoms with E-state index in [-0.39, 0.29) is 11.5 Å². The molecule has 1 fully saturated rings. The highest BCUT2D eigenvalue weighted by molar-refractivity contribution is 5.87. The molecule has 5 rings (SSSR count). The van der Waals surface area contributed by atoms with Gasteiger partial charge in [-0.15, -0.1) is 0 Å². The molecule has 0 aliphatic carbocycles. The maximum absolute atomic E-state index is 11.8. The molecule has 2 unspecified atom stereocenters. The maximum atomic E-state index is 11.8. The van der Waals surface area contributed by atoms with Crippen LogP contribution in [-0.2, 0) is 11.3 Å². The number of nitrogens with zero attached hydrogens (tertiary/aromatic N) is 5. The van der Waals surface area contributed by atoms with Crippen LogP contribution in [0.1, 0.15) is 39.0 Å². The molecule has 3 heterocycles. The number of aliphatic hydroxyl groups excluding tert-OH is 1. The monoisotopic (exact) mass is 503 g/mol. The third kappa shape index (κ3) is 5.73. The Morgan fingerprint density at radius 3 is 2.89 bits per heavy atom. The van der Waals surface area contributed by atoms with Crippen molar-refractivity contribution in [3.05, 3.63) is 65.3 Å². The van der Waals surface area contributed by atoms with Crippen LogP contribution in [0, 0.1) is 0 Å². The van der Waals surface area contributed by atoms with Crippen molar-refractivity contribution >= 4 is 27.8 Å². The third-order valence-electron chi connectivity index (χ3n) is 6.86. The van der Waals surface area contributed by atoms with Gasteiger partial charge in [0, 0.05) is 25.1 Å². The zero-order chi connectivity index (χ0) is 25.6. The summed E-state index contributed by atoms with van der Waals surface area (Å²) in [5, 5.41) is 11.7. The van der Waals surface area contributed by atoms with E-state index in [1.807, 2.05) is 43.6 Å². The van der Waals surface area contributed by atoms with Crippen molar-refractivity contribution in [2.45, 2.75) is 57.9 Å². The highest BCUT2D eigenvalue weighted by Crippen LogP contribution is 2.30. The summed E-state index contributed by atoms with van der Waals surface area (Å²) in [5.74, 6) is 1.61. The SMILES string of the molecule is CCOC(O)CCCCn1cnc2c(N3CCCC3COc3cccc4ccc(=O)ccc34)ncnc21. The zero-order valence-corrected chi connectivity index (χ0v) is 21.1. The van der Waals surface area contributed by atoms with E-state index >= 15 is 0 Å². The molecule has 0 radical (unpaired) electrons. The number of aryl methyl sites for hydroxylation is 1. The number of aromatic nitrogens is 4. The molecule has 2 aromatic heterocycles. The Morgan fingerprint density at radius 1 is 1.11 bits per heavy atom. The van der Waals surface area contributed by atoms with Crippen LogP contribution in [0.5, 0.6) is 5.75 Å². The number of anilines is 1. The van der Waals surface area contributed by atoms with E-state index in [1.165, 1.54) is 0 Å². The molecular formula is C28H33N5O4. The van der Waals surface area contributed by atoms with Crippen molar-refractivity contribution in [1.29, 1.82) is 0 Å². The van der Waals surface area contributed by atoms with Gasteiger partial charge in [-0.2, -0.15) is 0 Å². The molecular weight excluding hydrogens is 470 g/mol. The van der Waals surface area contributed by atoms with Gasteiger partial charge in [0.05, 0.1) is 12.4 Å². The van der Waals surface area contributed by atoms with Crippen molar-refractivity contribution in [3.8, 4) is 5.75 Å². The first-order valence-electron chi connectivity index (χ1n) is 13.0. The summed E-state index contributed by atoms with van der Waals surface area (Å²) in [5.41, 5.74) is 1.58. The van der Waals surface area contributed by atoms with Gasteiger partial charge in [0.2, 0.25) is 0 Å². The maximum Gasteiger partial charge on any atom is 0.178 e. The predicted molar refractivity (Wildman–Crippen MR) is 143 cm³/mol. The average Bonchev–Trinajstić information content (AvgIpc) is 3.50. The van der Waals surface area contributed by atoms with E-state index in [2.05, 4.69) is 24.4 Å². The lowest BCUT2D eigenvalue weighted by Gasteiger charge is -2.26. The molecule has 37 heavy (non-hydrogen) atoms. The van der Waals surface area contributed by atoms with E-state index < -0.39 is 6.29 Å². The minimum Gasteiger partial charge on any atom is -0.491 e. The number of rotatable bonds is 11. The van der Waals surface area contributed by atoms with Gasteiger partial charge in [0.15, 0.2) is 28.7 Å². The highest BCUT2D eigenvalue weighted by atomic mass is 16.6. The second-order valence-corrected chi connectivity index (χ2v) is 9.34. The van der Waals surface area contributed by atoms with Gasteiger partial charge >= 0.3 is 0 Å². The number of benzene rings is 1. The van der Waals surface area contributed by atoms with Crippen molar-refractivity contribution < 1.29 is 14.6 Å². The number of imidazole rings is 1. The molecule has 1 aliphatic heterocycles. The first kappa shape index (κ1) is 25.1. The summed E-state index contributed by atoms with van der Waals surface area (Å²) in [7, 11) is 0. The molecule has 194 valence electrons. The molecule has 9 heteroatoms. The second-order valence-electron chi connectivity index (χ2n) is 9.34. The van der Waals surface area contributed by atoms with Gasteiger partial charge < -0.3 is 24.0 Å². The Kier molecular flexibility index (Phi) is 7.91. The molecule has 4 aromatic rings. The molecule has 2 aromatic carbocycles. The quantitative estimate of drug-likeness (QED) is 0.243. The fourth-order valence-corrected chi connectivity index (χ4v) is 5.00. The minimum absolute atomic E-state index is 0.0283. The van der Waals surface area contributed by atoms with Crippen LogP contribution in [0.15, 0.2) is 59.9 Å². The van der Waals surface area contributed by atoms with Crippen LogP contribution in [-0.4, -0.2) is 56.7 Å². The first-order chi connectivity index (χ1) is 18.1. The fraction of sp³-hybridized carbons (Fsp3) is 0.429. The van der Waals surface area contributed by atoms with Crippen LogP contribution in [0.4, 0.5) is 5.82 Å². The summed E-state index contributed by atoms with van der Waals surface area (Å²) in [6.07, 6.45) is 7.14. The number of aliphatic hydroxyl groups is 1. The van der Waals surface area contributed by atoms with E-state index in [0.717, 1.165) is 72.3 Å². The number of ether oxygens (including phenoxy) is 2. The van der Waals surface area contributed by atoms with Crippen LogP contribution < -0.4 is 15.1 Å². The highest BCUT2D eigenvalue weighted by Gasteiger charge is 2.29. The van der Waals surface area contributed by atoms with Crippen LogP contribution in [0.3, 0.4) is 0 Å². The summed E-state index contributed by atoms with van der Waals surface area (Å²) in [4.78, 5) is 27.9. The van der Waals surface area contributed by atoms with E-state index in [0.29, 0.717) is 19.6 Å². The Bertz CT molecular complexity index is 1410.